The van der Waals surface area contributed by atoms with Gasteiger partial charge in [0.1, 0.15) is 0 Å². The summed E-state index contributed by atoms with van der Waals surface area (Å²) in [5, 5.41) is 11.1. The predicted molar refractivity (Wildman–Crippen MR) is 101 cm³/mol. The molecular weight excluding hydrogens is 366 g/mol. The minimum atomic E-state index is -3.66. The van der Waals surface area contributed by atoms with Crippen LogP contribution in [0.25, 0.3) is 5.65 Å². The molecule has 2 N–H and O–H groups in total. The van der Waals surface area contributed by atoms with Gasteiger partial charge in [-0.05, 0) is 63.2 Å². The highest BCUT2D eigenvalue weighted by molar-refractivity contribution is 7.89. The molecule has 142 valence electrons. The number of hydrogen-bond donors (Lipinski definition) is 2. The van der Waals surface area contributed by atoms with Gasteiger partial charge in [-0.2, -0.15) is 0 Å². The second-order valence-electron chi connectivity index (χ2n) is 6.31. The van der Waals surface area contributed by atoms with Gasteiger partial charge in [0.25, 0.3) is 5.91 Å². The van der Waals surface area contributed by atoms with Gasteiger partial charge in [-0.25, -0.2) is 13.1 Å². The Labute approximate surface area is 157 Å². The number of nitrogens with zero attached hydrogens (tertiary/aromatic N) is 3. The van der Waals surface area contributed by atoms with Crippen LogP contribution in [0, 0.1) is 13.8 Å². The number of benzene rings is 1. The SMILES string of the molecule is CNS(=O)(=O)c1cc(C(=O)NC(C)c2nnc3ccccn23)cc(C)c1C. The van der Waals surface area contributed by atoms with Crippen LogP contribution in [0.1, 0.15) is 40.3 Å². The zero-order valence-electron chi connectivity index (χ0n) is 15.5. The van der Waals surface area contributed by atoms with Gasteiger partial charge < -0.3 is 5.32 Å². The average molecular weight is 387 g/mol. The van der Waals surface area contributed by atoms with E-state index in [9.17, 15) is 13.2 Å². The number of amides is 1. The number of nitrogens with one attached hydrogen (secondary N) is 2. The van der Waals surface area contributed by atoms with Crippen molar-refractivity contribution in [3.8, 4) is 0 Å². The number of hydrogen-bond acceptors (Lipinski definition) is 5. The maximum Gasteiger partial charge on any atom is 0.251 e. The number of rotatable bonds is 5. The van der Waals surface area contributed by atoms with E-state index in [2.05, 4.69) is 20.2 Å². The molecule has 1 amide bonds. The Morgan fingerprint density at radius 2 is 1.93 bits per heavy atom. The van der Waals surface area contributed by atoms with E-state index in [4.69, 9.17) is 0 Å². The van der Waals surface area contributed by atoms with Crippen LogP contribution >= 0.6 is 0 Å². The van der Waals surface area contributed by atoms with E-state index in [0.717, 1.165) is 5.56 Å². The molecule has 2 heterocycles. The lowest BCUT2D eigenvalue weighted by molar-refractivity contribution is 0.0938. The normalized spacial score (nSPS) is 12.9. The minimum absolute atomic E-state index is 0.0933. The lowest BCUT2D eigenvalue weighted by Gasteiger charge is -2.15. The summed E-state index contributed by atoms with van der Waals surface area (Å²) in [6.07, 6.45) is 1.82. The summed E-state index contributed by atoms with van der Waals surface area (Å²) in [6, 6.07) is 8.18. The van der Waals surface area contributed by atoms with E-state index < -0.39 is 16.1 Å². The number of aromatic nitrogens is 3. The molecule has 0 bridgehead atoms. The van der Waals surface area contributed by atoms with Crippen molar-refractivity contribution >= 4 is 21.6 Å². The van der Waals surface area contributed by atoms with E-state index in [-0.39, 0.29) is 16.4 Å². The molecule has 0 spiro atoms. The molecule has 1 aromatic carbocycles. The molecule has 27 heavy (non-hydrogen) atoms. The third kappa shape index (κ3) is 3.56. The van der Waals surface area contributed by atoms with Crippen LogP contribution in [-0.4, -0.2) is 36.0 Å². The van der Waals surface area contributed by atoms with E-state index in [0.29, 0.717) is 17.0 Å². The monoisotopic (exact) mass is 387 g/mol. The fourth-order valence-corrected chi connectivity index (χ4v) is 3.91. The summed E-state index contributed by atoms with van der Waals surface area (Å²) in [4.78, 5) is 12.8. The number of carbonyl (C=O) groups is 1. The molecule has 9 heteroatoms. The largest absolute Gasteiger partial charge is 0.342 e. The highest BCUT2D eigenvalue weighted by atomic mass is 32.2. The van der Waals surface area contributed by atoms with Crippen LogP contribution in [-0.2, 0) is 10.0 Å². The topological polar surface area (TPSA) is 105 Å². The summed E-state index contributed by atoms with van der Waals surface area (Å²) < 4.78 is 28.6. The Kier molecular flexibility index (Phi) is 4.99. The Bertz CT molecular complexity index is 1120. The second kappa shape index (κ2) is 7.09. The van der Waals surface area contributed by atoms with Crippen LogP contribution < -0.4 is 10.0 Å². The van der Waals surface area contributed by atoms with Crippen molar-refractivity contribution in [2.24, 2.45) is 0 Å². The first-order valence-corrected chi connectivity index (χ1v) is 9.88. The zero-order chi connectivity index (χ0) is 19.8. The molecule has 8 nitrogen and oxygen atoms in total. The lowest BCUT2D eigenvalue weighted by atomic mass is 10.1. The van der Waals surface area contributed by atoms with Crippen molar-refractivity contribution in [3.63, 3.8) is 0 Å². The molecule has 3 aromatic rings. The Hall–Kier alpha value is -2.78. The summed E-state index contributed by atoms with van der Waals surface area (Å²) in [7, 11) is -2.32. The first-order valence-electron chi connectivity index (χ1n) is 8.40. The molecule has 1 unspecified atom stereocenters. The summed E-state index contributed by atoms with van der Waals surface area (Å²) >= 11 is 0. The molecule has 0 aliphatic heterocycles. The van der Waals surface area contributed by atoms with Crippen molar-refractivity contribution in [1.29, 1.82) is 0 Å². The molecule has 2 aromatic heterocycles. The first kappa shape index (κ1) is 19.0. The molecule has 0 saturated heterocycles. The number of pyridine rings is 1. The molecule has 1 atom stereocenters. The Balaban J connectivity index is 1.92. The highest BCUT2D eigenvalue weighted by Gasteiger charge is 2.21. The van der Waals surface area contributed by atoms with Gasteiger partial charge in [-0.3, -0.25) is 9.20 Å². The van der Waals surface area contributed by atoms with Gasteiger partial charge >= 0.3 is 0 Å². The van der Waals surface area contributed by atoms with Crippen LogP contribution in [0.15, 0.2) is 41.4 Å². The molecular formula is C18H21N5O3S. The predicted octanol–water partition coefficient (Wildman–Crippen LogP) is 1.75. The van der Waals surface area contributed by atoms with E-state index in [1.807, 2.05) is 24.4 Å². The minimum Gasteiger partial charge on any atom is -0.342 e. The van der Waals surface area contributed by atoms with E-state index >= 15 is 0 Å². The molecule has 0 saturated carbocycles. The average Bonchev–Trinajstić information content (AvgIpc) is 3.07. The fraction of sp³-hybridized carbons (Fsp3) is 0.278. The maximum absolute atomic E-state index is 12.7. The number of fused-ring (bicyclic) bond motifs is 1. The highest BCUT2D eigenvalue weighted by Crippen LogP contribution is 2.22. The van der Waals surface area contributed by atoms with Crippen LogP contribution in [0.3, 0.4) is 0 Å². The van der Waals surface area contributed by atoms with Gasteiger partial charge in [-0.1, -0.05) is 6.07 Å². The van der Waals surface area contributed by atoms with Crippen molar-refractivity contribution < 1.29 is 13.2 Å². The zero-order valence-corrected chi connectivity index (χ0v) is 16.3. The summed E-state index contributed by atoms with van der Waals surface area (Å²) in [6.45, 7) is 5.29. The third-order valence-corrected chi connectivity index (χ3v) is 6.06. The van der Waals surface area contributed by atoms with Gasteiger partial charge in [0.2, 0.25) is 10.0 Å². The van der Waals surface area contributed by atoms with Crippen molar-refractivity contribution in [2.75, 3.05) is 7.05 Å². The molecule has 0 radical (unpaired) electrons. The van der Waals surface area contributed by atoms with Gasteiger partial charge in [0.15, 0.2) is 11.5 Å². The summed E-state index contributed by atoms with van der Waals surface area (Å²) in [5.41, 5.74) is 2.28. The first-order chi connectivity index (χ1) is 12.7. The summed E-state index contributed by atoms with van der Waals surface area (Å²) in [5.74, 6) is 0.205. The number of sulfonamides is 1. The standard InChI is InChI=1S/C18H21N5O3S/c1-11-9-14(10-15(12(11)2)27(25,26)19-4)18(24)20-13(3)17-22-21-16-7-5-6-8-23(16)17/h5-10,13,19H,1-4H3,(H,20,24). The van der Waals surface area contributed by atoms with Crippen LogP contribution in [0.4, 0.5) is 0 Å². The quantitative estimate of drug-likeness (QED) is 0.694. The van der Waals surface area contributed by atoms with E-state index in [1.165, 1.54) is 13.1 Å². The fourth-order valence-electron chi connectivity index (χ4n) is 2.85. The van der Waals surface area contributed by atoms with Gasteiger partial charge in [-0.15, -0.1) is 10.2 Å². The lowest BCUT2D eigenvalue weighted by Crippen LogP contribution is -2.29. The maximum atomic E-state index is 12.7. The number of aryl methyl sites for hydroxylation is 1. The van der Waals surface area contributed by atoms with Crippen molar-refractivity contribution in [2.45, 2.75) is 31.7 Å². The molecule has 0 fully saturated rings. The molecule has 3 rings (SSSR count). The van der Waals surface area contributed by atoms with E-state index in [1.54, 1.807) is 31.2 Å². The Morgan fingerprint density at radius 3 is 2.63 bits per heavy atom. The van der Waals surface area contributed by atoms with Crippen LogP contribution in [0.5, 0.6) is 0 Å². The second-order valence-corrected chi connectivity index (χ2v) is 8.16. The van der Waals surface area contributed by atoms with Gasteiger partial charge in [0, 0.05) is 11.8 Å². The van der Waals surface area contributed by atoms with Gasteiger partial charge in [0.05, 0.1) is 10.9 Å². The van der Waals surface area contributed by atoms with Crippen molar-refractivity contribution in [3.05, 3.63) is 59.0 Å². The Morgan fingerprint density at radius 1 is 1.19 bits per heavy atom. The number of carbonyl (C=O) groups excluding carboxylic acids is 1. The smallest absolute Gasteiger partial charge is 0.251 e. The molecule has 0 aliphatic carbocycles. The van der Waals surface area contributed by atoms with Crippen LogP contribution in [0.2, 0.25) is 0 Å². The third-order valence-electron chi connectivity index (χ3n) is 4.52. The van der Waals surface area contributed by atoms with Crippen molar-refractivity contribution in [1.82, 2.24) is 24.6 Å². The molecule has 0 aliphatic rings.